The van der Waals surface area contributed by atoms with Gasteiger partial charge in [-0.3, -0.25) is 4.79 Å². The summed E-state index contributed by atoms with van der Waals surface area (Å²) in [4.78, 5) is 22.5. The Labute approximate surface area is 139 Å². The Bertz CT molecular complexity index is 1080. The molecule has 6 nitrogen and oxygen atoms in total. The SMILES string of the molecule is CC(=O)N(c1ccc2oc(=O)sc2c1)S(=O)(=O)c1ccc(F)cc1. The molecule has 9 heteroatoms. The van der Waals surface area contributed by atoms with E-state index < -0.39 is 26.7 Å². The van der Waals surface area contributed by atoms with Crippen molar-refractivity contribution in [1.82, 2.24) is 0 Å². The van der Waals surface area contributed by atoms with E-state index in [1.165, 1.54) is 18.2 Å². The largest absolute Gasteiger partial charge is 0.414 e. The number of hydrogen-bond donors (Lipinski definition) is 0. The smallest absolute Gasteiger partial charge is 0.396 e. The van der Waals surface area contributed by atoms with Crippen molar-refractivity contribution in [1.29, 1.82) is 0 Å². The lowest BCUT2D eigenvalue weighted by Gasteiger charge is -2.21. The molecule has 0 aliphatic carbocycles. The van der Waals surface area contributed by atoms with Gasteiger partial charge in [0.25, 0.3) is 10.0 Å². The fourth-order valence-electron chi connectivity index (χ4n) is 2.19. The van der Waals surface area contributed by atoms with Crippen LogP contribution in [0.4, 0.5) is 10.1 Å². The highest BCUT2D eigenvalue weighted by Gasteiger charge is 2.29. The standard InChI is InChI=1S/C15H10FNO5S2/c1-9(18)17(24(20,21)12-5-2-10(16)3-6-12)11-4-7-13-14(8-11)23-15(19)22-13/h2-8H,1H3. The molecule has 0 fully saturated rings. The summed E-state index contributed by atoms with van der Waals surface area (Å²) in [7, 11) is -4.22. The topological polar surface area (TPSA) is 84.7 Å². The van der Waals surface area contributed by atoms with Crippen molar-refractivity contribution in [2.75, 3.05) is 4.31 Å². The highest BCUT2D eigenvalue weighted by molar-refractivity contribution is 7.93. The molecule has 1 aromatic heterocycles. The quantitative estimate of drug-likeness (QED) is 0.711. The summed E-state index contributed by atoms with van der Waals surface area (Å²) in [6.45, 7) is 1.10. The van der Waals surface area contributed by atoms with E-state index in [1.807, 2.05) is 0 Å². The maximum absolute atomic E-state index is 13.0. The number of nitrogens with zero attached hydrogens (tertiary/aromatic N) is 1. The van der Waals surface area contributed by atoms with E-state index in [2.05, 4.69) is 0 Å². The first-order valence-electron chi connectivity index (χ1n) is 6.64. The van der Waals surface area contributed by atoms with Gasteiger partial charge in [0, 0.05) is 6.92 Å². The highest BCUT2D eigenvalue weighted by Crippen LogP contribution is 2.28. The van der Waals surface area contributed by atoms with Crippen LogP contribution in [-0.4, -0.2) is 14.3 Å². The van der Waals surface area contributed by atoms with E-state index in [0.29, 0.717) is 14.6 Å². The van der Waals surface area contributed by atoms with Crippen LogP contribution in [0, 0.1) is 5.82 Å². The van der Waals surface area contributed by atoms with Crippen molar-refractivity contribution in [3.8, 4) is 0 Å². The summed E-state index contributed by atoms with van der Waals surface area (Å²) in [6.07, 6.45) is 0. The number of fused-ring (bicyclic) bond motifs is 1. The van der Waals surface area contributed by atoms with Gasteiger partial charge < -0.3 is 4.42 Å². The average molecular weight is 367 g/mol. The van der Waals surface area contributed by atoms with E-state index in [4.69, 9.17) is 4.42 Å². The first-order valence-corrected chi connectivity index (χ1v) is 8.90. The maximum Gasteiger partial charge on any atom is 0.396 e. The molecule has 24 heavy (non-hydrogen) atoms. The molecule has 124 valence electrons. The summed E-state index contributed by atoms with van der Waals surface area (Å²) in [5.41, 5.74) is 0.368. The van der Waals surface area contributed by atoms with Gasteiger partial charge in [0.05, 0.1) is 15.3 Å². The average Bonchev–Trinajstić information content (AvgIpc) is 2.86. The number of rotatable bonds is 3. The number of amides is 1. The molecular formula is C15H10FNO5S2. The van der Waals surface area contributed by atoms with Crippen LogP contribution in [-0.2, 0) is 14.8 Å². The molecule has 0 bridgehead atoms. The molecule has 0 saturated heterocycles. The maximum atomic E-state index is 13.0. The minimum atomic E-state index is -4.22. The van der Waals surface area contributed by atoms with E-state index in [9.17, 15) is 22.4 Å². The summed E-state index contributed by atoms with van der Waals surface area (Å²) < 4.78 is 44.4. The molecular weight excluding hydrogens is 357 g/mol. The van der Waals surface area contributed by atoms with Crippen molar-refractivity contribution >= 4 is 43.2 Å². The summed E-state index contributed by atoms with van der Waals surface area (Å²) in [6, 6.07) is 8.31. The van der Waals surface area contributed by atoms with Crippen molar-refractivity contribution in [3.05, 3.63) is 58.0 Å². The number of anilines is 1. The van der Waals surface area contributed by atoms with Crippen LogP contribution in [0.5, 0.6) is 0 Å². The van der Waals surface area contributed by atoms with Gasteiger partial charge in [0.1, 0.15) is 11.4 Å². The third-order valence-corrected chi connectivity index (χ3v) is 5.79. The van der Waals surface area contributed by atoms with Crippen LogP contribution in [0.2, 0.25) is 0 Å². The lowest BCUT2D eigenvalue weighted by atomic mass is 10.3. The number of halogens is 1. The molecule has 0 N–H and O–H groups in total. The predicted molar refractivity (Wildman–Crippen MR) is 87.1 cm³/mol. The molecule has 0 atom stereocenters. The molecule has 2 aromatic carbocycles. The molecule has 1 amide bonds. The van der Waals surface area contributed by atoms with Crippen LogP contribution >= 0.6 is 11.3 Å². The highest BCUT2D eigenvalue weighted by atomic mass is 32.2. The second-order valence-corrected chi connectivity index (χ2v) is 7.59. The molecule has 0 unspecified atom stereocenters. The number of carbonyl (C=O) groups is 1. The van der Waals surface area contributed by atoms with Gasteiger partial charge >= 0.3 is 4.94 Å². The van der Waals surface area contributed by atoms with Crippen molar-refractivity contribution < 1.29 is 22.0 Å². The first kappa shape index (κ1) is 16.3. The number of benzene rings is 2. The van der Waals surface area contributed by atoms with Crippen LogP contribution in [0.1, 0.15) is 6.92 Å². The van der Waals surface area contributed by atoms with Crippen LogP contribution in [0.3, 0.4) is 0 Å². The van der Waals surface area contributed by atoms with Crippen LogP contribution in [0.25, 0.3) is 10.3 Å². The number of sulfonamides is 1. The van der Waals surface area contributed by atoms with Gasteiger partial charge in [0.15, 0.2) is 0 Å². The van der Waals surface area contributed by atoms with E-state index in [-0.39, 0.29) is 10.6 Å². The molecule has 3 rings (SSSR count). The normalized spacial score (nSPS) is 11.6. The minimum absolute atomic E-state index is 0.0661. The van der Waals surface area contributed by atoms with Crippen LogP contribution < -0.4 is 9.24 Å². The second kappa shape index (κ2) is 5.84. The van der Waals surface area contributed by atoms with Gasteiger partial charge in [-0.15, -0.1) is 0 Å². The Balaban J connectivity index is 2.16. The molecule has 0 saturated carbocycles. The summed E-state index contributed by atoms with van der Waals surface area (Å²) in [5, 5.41) is 0. The van der Waals surface area contributed by atoms with Gasteiger partial charge in [-0.05, 0) is 42.5 Å². The van der Waals surface area contributed by atoms with Gasteiger partial charge in [0.2, 0.25) is 5.91 Å². The number of carbonyl (C=O) groups excluding carboxylic acids is 1. The van der Waals surface area contributed by atoms with Crippen molar-refractivity contribution in [2.45, 2.75) is 11.8 Å². The van der Waals surface area contributed by atoms with Crippen LogP contribution in [0.15, 0.2) is 56.6 Å². The van der Waals surface area contributed by atoms with E-state index in [0.717, 1.165) is 42.5 Å². The first-order chi connectivity index (χ1) is 11.3. The summed E-state index contributed by atoms with van der Waals surface area (Å²) in [5.74, 6) is -1.33. The zero-order valence-corrected chi connectivity index (χ0v) is 13.9. The Morgan fingerprint density at radius 1 is 1.17 bits per heavy atom. The summed E-state index contributed by atoms with van der Waals surface area (Å²) >= 11 is 0.799. The predicted octanol–water partition coefficient (Wildman–Crippen LogP) is 2.74. The molecule has 0 radical (unpaired) electrons. The van der Waals surface area contributed by atoms with E-state index in [1.54, 1.807) is 0 Å². The minimum Gasteiger partial charge on any atom is -0.414 e. The third kappa shape index (κ3) is 2.83. The Kier molecular flexibility index (Phi) is 3.98. The zero-order chi connectivity index (χ0) is 17.5. The number of hydrogen-bond acceptors (Lipinski definition) is 6. The molecule has 0 aliphatic rings. The Hall–Kier alpha value is -2.52. The molecule has 0 aliphatic heterocycles. The van der Waals surface area contributed by atoms with Gasteiger partial charge in [-0.2, -0.15) is 0 Å². The lowest BCUT2D eigenvalue weighted by molar-refractivity contribution is -0.115. The van der Waals surface area contributed by atoms with Crippen molar-refractivity contribution in [2.24, 2.45) is 0 Å². The fraction of sp³-hybridized carbons (Fsp3) is 0.0667. The lowest BCUT2D eigenvalue weighted by Crippen LogP contribution is -2.35. The second-order valence-electron chi connectivity index (χ2n) is 4.83. The van der Waals surface area contributed by atoms with Gasteiger partial charge in [-0.1, -0.05) is 11.3 Å². The Morgan fingerprint density at radius 3 is 2.46 bits per heavy atom. The zero-order valence-electron chi connectivity index (χ0n) is 12.2. The fourth-order valence-corrected chi connectivity index (χ4v) is 4.31. The molecule has 0 spiro atoms. The molecule has 3 aromatic rings. The molecule has 1 heterocycles. The monoisotopic (exact) mass is 367 g/mol. The third-order valence-electron chi connectivity index (χ3n) is 3.19. The van der Waals surface area contributed by atoms with E-state index >= 15 is 0 Å². The van der Waals surface area contributed by atoms with Crippen molar-refractivity contribution in [3.63, 3.8) is 0 Å². The Morgan fingerprint density at radius 2 is 1.83 bits per heavy atom. The van der Waals surface area contributed by atoms with Gasteiger partial charge in [-0.25, -0.2) is 21.9 Å².